The van der Waals surface area contributed by atoms with Crippen LogP contribution in [0, 0.1) is 11.8 Å². The summed E-state index contributed by atoms with van der Waals surface area (Å²) in [5.41, 5.74) is 3.37. The Morgan fingerprint density at radius 3 is 2.71 bits per heavy atom. The molecule has 2 aliphatic carbocycles. The van der Waals surface area contributed by atoms with Crippen LogP contribution < -0.4 is 14.4 Å². The molecule has 7 atom stereocenters. The van der Waals surface area contributed by atoms with E-state index in [2.05, 4.69) is 27.8 Å². The molecule has 0 radical (unpaired) electrons. The van der Waals surface area contributed by atoms with Gasteiger partial charge in [0.2, 0.25) is 10.0 Å². The highest BCUT2D eigenvalue weighted by Crippen LogP contribution is 2.47. The molecular formula is C37H47ClN2O7S. The van der Waals surface area contributed by atoms with E-state index in [9.17, 15) is 13.2 Å². The van der Waals surface area contributed by atoms with Gasteiger partial charge in [-0.15, -0.1) is 0 Å². The molecule has 3 heterocycles. The monoisotopic (exact) mass is 698 g/mol. The van der Waals surface area contributed by atoms with Gasteiger partial charge in [0.25, 0.3) is 5.91 Å². The zero-order chi connectivity index (χ0) is 33.5. The Morgan fingerprint density at radius 2 is 1.96 bits per heavy atom. The molecule has 5 aliphatic rings. The second kappa shape index (κ2) is 13.9. The molecule has 9 nitrogen and oxygen atoms in total. The molecule has 2 aromatic carbocycles. The number of amides is 1. The molecule has 2 bridgehead atoms. The molecule has 1 saturated heterocycles. The lowest BCUT2D eigenvalue weighted by atomic mass is 9.68. The Morgan fingerprint density at radius 1 is 1.08 bits per heavy atom. The van der Waals surface area contributed by atoms with Crippen LogP contribution in [0.1, 0.15) is 72.9 Å². The molecule has 48 heavy (non-hydrogen) atoms. The number of hydrogen-bond donors (Lipinski definition) is 1. The molecule has 0 aromatic heterocycles. The first kappa shape index (κ1) is 33.8. The van der Waals surface area contributed by atoms with E-state index < -0.39 is 27.3 Å². The molecule has 1 N–H and O–H groups in total. The fourth-order valence-electron chi connectivity index (χ4n) is 8.77. The summed E-state index contributed by atoms with van der Waals surface area (Å²) in [7, 11) is -0.877. The first-order valence-corrected chi connectivity index (χ1v) is 19.3. The highest BCUT2D eigenvalue weighted by Gasteiger charge is 2.45. The summed E-state index contributed by atoms with van der Waals surface area (Å²) >= 11 is 6.44. The zero-order valence-electron chi connectivity index (χ0n) is 27.9. The number of ether oxygens (including phenoxy) is 4. The number of anilines is 1. The Hall–Kier alpha value is -2.63. The molecule has 2 aromatic rings. The summed E-state index contributed by atoms with van der Waals surface area (Å²) in [6.07, 6.45) is 10.5. The van der Waals surface area contributed by atoms with Crippen LogP contribution in [0.15, 0.2) is 48.6 Å². The highest BCUT2D eigenvalue weighted by atomic mass is 35.5. The van der Waals surface area contributed by atoms with E-state index in [1.54, 1.807) is 19.2 Å². The van der Waals surface area contributed by atoms with Gasteiger partial charge in [0.15, 0.2) is 0 Å². The molecule has 1 amide bonds. The van der Waals surface area contributed by atoms with Gasteiger partial charge in [-0.3, -0.25) is 4.79 Å². The molecular weight excluding hydrogens is 652 g/mol. The standard InChI is InChI=1S/C37H47ClN2O7S/c1-44-32-8-3-9-34(45-2)35(20-28-7-5-17-46-28)48(42,43)39-36(41)25-11-15-33-31(19-25)40(21-26-10-13-29(26)32)22-37(23-47-33)16-4-6-24-18-27(38)12-14-30(24)37/h3,8,11-12,14-15,18-19,26,28-29,32,34-35H,4-7,9-10,13,16-17,20-23H2,1-2H3,(H,39,41)/b8-3+/t26-,28+,29+,32-,34+,35-,37-/m0/s1. The number of fused-ring (bicyclic) bond motifs is 4. The number of nitrogens with zero attached hydrogens (tertiary/aromatic N) is 1. The van der Waals surface area contributed by atoms with E-state index >= 15 is 0 Å². The molecule has 0 unspecified atom stereocenters. The largest absolute Gasteiger partial charge is 0.490 e. The number of nitrogens with one attached hydrogen (secondary N) is 1. The third-order valence-corrected chi connectivity index (χ3v) is 13.5. The summed E-state index contributed by atoms with van der Waals surface area (Å²) in [6.45, 7) is 2.60. The van der Waals surface area contributed by atoms with Crippen LogP contribution in [0.4, 0.5) is 5.69 Å². The SMILES string of the molecule is CO[C@H]1/C=C/C[C@@H](OC)[C@H](C[C@H]2CCCO2)S(=O)(=O)NC(=O)c2ccc3c(c2)N(C[C@@H]2CC[C@H]21)C[C@@]1(CCCc2cc(Cl)ccc21)CO3. The fourth-order valence-corrected chi connectivity index (χ4v) is 10.6. The number of sulfonamides is 1. The highest BCUT2D eigenvalue weighted by molar-refractivity contribution is 7.90. The lowest BCUT2D eigenvalue weighted by Crippen LogP contribution is -2.49. The molecule has 3 aliphatic heterocycles. The van der Waals surface area contributed by atoms with E-state index in [1.807, 2.05) is 18.2 Å². The van der Waals surface area contributed by atoms with Crippen LogP contribution >= 0.6 is 11.6 Å². The first-order valence-electron chi connectivity index (χ1n) is 17.4. The van der Waals surface area contributed by atoms with Crippen molar-refractivity contribution in [1.82, 2.24) is 4.72 Å². The van der Waals surface area contributed by atoms with E-state index in [0.29, 0.717) is 43.8 Å². The lowest BCUT2D eigenvalue weighted by molar-refractivity contribution is 0.0128. The summed E-state index contributed by atoms with van der Waals surface area (Å²) in [5, 5.41) is -0.241. The van der Waals surface area contributed by atoms with Crippen molar-refractivity contribution in [2.75, 3.05) is 45.4 Å². The summed E-state index contributed by atoms with van der Waals surface area (Å²) in [4.78, 5) is 16.2. The fraction of sp³-hybridized carbons (Fsp3) is 0.595. The van der Waals surface area contributed by atoms with Crippen molar-refractivity contribution in [2.45, 2.75) is 86.8 Å². The predicted molar refractivity (Wildman–Crippen MR) is 186 cm³/mol. The molecule has 1 spiro atoms. The van der Waals surface area contributed by atoms with Crippen LogP contribution in [0.25, 0.3) is 0 Å². The van der Waals surface area contributed by atoms with Crippen LogP contribution in [0.3, 0.4) is 0 Å². The number of methoxy groups -OCH3 is 2. The van der Waals surface area contributed by atoms with Crippen LogP contribution in [0.2, 0.25) is 5.02 Å². The molecule has 1 saturated carbocycles. The number of halogens is 1. The zero-order valence-corrected chi connectivity index (χ0v) is 29.4. The van der Waals surface area contributed by atoms with Crippen molar-refractivity contribution in [3.05, 3.63) is 70.3 Å². The maximum atomic E-state index is 14.0. The van der Waals surface area contributed by atoms with Crippen LogP contribution in [-0.4, -0.2) is 78.4 Å². The molecule has 2 fully saturated rings. The van der Waals surface area contributed by atoms with E-state index in [4.69, 9.17) is 30.5 Å². The minimum atomic E-state index is -4.15. The minimum Gasteiger partial charge on any atom is -0.490 e. The van der Waals surface area contributed by atoms with E-state index in [0.717, 1.165) is 62.2 Å². The van der Waals surface area contributed by atoms with Crippen molar-refractivity contribution < 1.29 is 32.2 Å². The maximum Gasteiger partial charge on any atom is 0.264 e. The number of rotatable bonds is 4. The molecule has 7 rings (SSSR count). The number of carbonyl (C=O) groups is 1. The second-order valence-corrected chi connectivity index (χ2v) is 16.6. The average molecular weight is 699 g/mol. The number of hydrogen-bond acceptors (Lipinski definition) is 8. The van der Waals surface area contributed by atoms with Gasteiger partial charge in [-0.2, -0.15) is 0 Å². The van der Waals surface area contributed by atoms with Crippen molar-refractivity contribution in [3.63, 3.8) is 0 Å². The van der Waals surface area contributed by atoms with Gasteiger partial charge in [-0.05, 0) is 111 Å². The minimum absolute atomic E-state index is 0.109. The Kier molecular flexibility index (Phi) is 9.83. The van der Waals surface area contributed by atoms with Gasteiger partial charge in [-0.1, -0.05) is 29.8 Å². The molecule has 11 heteroatoms. The van der Waals surface area contributed by atoms with Gasteiger partial charge in [0.1, 0.15) is 11.0 Å². The third kappa shape index (κ3) is 6.63. The van der Waals surface area contributed by atoms with E-state index in [1.165, 1.54) is 18.2 Å². The van der Waals surface area contributed by atoms with Gasteiger partial charge < -0.3 is 23.8 Å². The molecule has 260 valence electrons. The average Bonchev–Trinajstić information content (AvgIpc) is 3.53. The van der Waals surface area contributed by atoms with Gasteiger partial charge in [-0.25, -0.2) is 13.1 Å². The number of benzene rings is 2. The smallest absolute Gasteiger partial charge is 0.264 e. The van der Waals surface area contributed by atoms with Crippen molar-refractivity contribution in [2.24, 2.45) is 11.8 Å². The quantitative estimate of drug-likeness (QED) is 0.399. The maximum absolute atomic E-state index is 14.0. The van der Waals surface area contributed by atoms with Crippen molar-refractivity contribution in [3.8, 4) is 5.75 Å². The topological polar surface area (TPSA) is 103 Å². The van der Waals surface area contributed by atoms with Gasteiger partial charge >= 0.3 is 0 Å². The Balaban J connectivity index is 1.28. The van der Waals surface area contributed by atoms with E-state index in [-0.39, 0.29) is 29.6 Å². The van der Waals surface area contributed by atoms with Crippen molar-refractivity contribution in [1.29, 1.82) is 0 Å². The van der Waals surface area contributed by atoms with Gasteiger partial charge in [0, 0.05) is 49.9 Å². The third-order valence-electron chi connectivity index (χ3n) is 11.5. The predicted octanol–water partition coefficient (Wildman–Crippen LogP) is 5.83. The number of carbonyl (C=O) groups excluding carboxylic acids is 1. The van der Waals surface area contributed by atoms with Crippen LogP contribution in [-0.2, 0) is 36.1 Å². The summed E-state index contributed by atoms with van der Waals surface area (Å²) in [5.74, 6) is 0.708. The Labute approximate surface area is 289 Å². The second-order valence-electron chi connectivity index (χ2n) is 14.3. The number of aryl methyl sites for hydroxylation is 1. The Bertz CT molecular complexity index is 1640. The van der Waals surface area contributed by atoms with Crippen molar-refractivity contribution >= 4 is 33.2 Å². The summed E-state index contributed by atoms with van der Waals surface area (Å²) < 4.78 is 54.8. The normalized spacial score (nSPS) is 33.8. The van der Waals surface area contributed by atoms with Gasteiger partial charge in [0.05, 0.1) is 30.6 Å². The summed E-state index contributed by atoms with van der Waals surface area (Å²) in [6, 6.07) is 11.5. The lowest BCUT2D eigenvalue weighted by Gasteiger charge is -2.46. The first-order chi connectivity index (χ1) is 23.2. The van der Waals surface area contributed by atoms with Crippen LogP contribution in [0.5, 0.6) is 5.75 Å².